The number of benzene rings is 1. The summed E-state index contributed by atoms with van der Waals surface area (Å²) in [5.74, 6) is -0.760. The molecule has 25 heavy (non-hydrogen) atoms. The van der Waals surface area contributed by atoms with Crippen LogP contribution in [-0.4, -0.2) is 32.2 Å². The minimum absolute atomic E-state index is 0.0278. The van der Waals surface area contributed by atoms with Crippen LogP contribution in [0.25, 0.3) is 5.65 Å². The fraction of sp³-hybridized carbons (Fsp3) is 0.0667. The van der Waals surface area contributed by atoms with Gasteiger partial charge in [-0.15, -0.1) is 10.2 Å². The number of pyridine rings is 1. The van der Waals surface area contributed by atoms with E-state index in [0.29, 0.717) is 26.4 Å². The molecule has 0 aliphatic heterocycles. The van der Waals surface area contributed by atoms with Crippen LogP contribution in [0.4, 0.5) is 0 Å². The molecule has 0 aliphatic carbocycles. The number of halogens is 2. The molecular weight excluding hydrogens is 385 g/mol. The van der Waals surface area contributed by atoms with E-state index in [1.807, 2.05) is 0 Å². The van der Waals surface area contributed by atoms with E-state index in [-0.39, 0.29) is 11.7 Å². The standard InChI is InChI=1S/C15H11Cl2N5O2S/c16-10-6-11(17)13-19-21-15(22(13)7-10)25-8-12(23)18-20-14(24)9-4-2-1-3-5-9/h1-7H,8H2,(H,18,23)(H,20,24). The molecule has 0 atom stereocenters. The van der Waals surface area contributed by atoms with E-state index in [0.717, 1.165) is 11.8 Å². The Kier molecular flexibility index (Phi) is 5.42. The van der Waals surface area contributed by atoms with Gasteiger partial charge in [-0.2, -0.15) is 0 Å². The number of carbonyl (C=O) groups is 2. The number of thioether (sulfide) groups is 1. The van der Waals surface area contributed by atoms with E-state index >= 15 is 0 Å². The molecular formula is C15H11Cl2N5O2S. The predicted molar refractivity (Wildman–Crippen MR) is 95.8 cm³/mol. The van der Waals surface area contributed by atoms with Crippen LogP contribution < -0.4 is 10.9 Å². The van der Waals surface area contributed by atoms with Gasteiger partial charge < -0.3 is 0 Å². The average molecular weight is 396 g/mol. The molecule has 0 radical (unpaired) electrons. The molecule has 7 nitrogen and oxygen atoms in total. The topological polar surface area (TPSA) is 88.4 Å². The number of hydrogen-bond donors (Lipinski definition) is 2. The number of amides is 2. The number of hydrazine groups is 1. The molecule has 128 valence electrons. The number of aromatic nitrogens is 3. The first-order chi connectivity index (χ1) is 12.0. The molecule has 3 aromatic rings. The Morgan fingerprint density at radius 1 is 1.12 bits per heavy atom. The minimum Gasteiger partial charge on any atom is -0.275 e. The SMILES string of the molecule is O=C(CSc1nnc2c(Cl)cc(Cl)cn12)NNC(=O)c1ccccc1. The Bertz CT molecular complexity index is 932. The number of hydrogen-bond acceptors (Lipinski definition) is 5. The fourth-order valence-electron chi connectivity index (χ4n) is 1.96. The van der Waals surface area contributed by atoms with Gasteiger partial charge in [0.15, 0.2) is 10.8 Å². The third kappa shape index (κ3) is 4.22. The van der Waals surface area contributed by atoms with Crippen LogP contribution in [-0.2, 0) is 4.79 Å². The number of rotatable bonds is 4. The summed E-state index contributed by atoms with van der Waals surface area (Å²) in [6, 6.07) is 10.1. The van der Waals surface area contributed by atoms with Crippen LogP contribution in [0.1, 0.15) is 10.4 Å². The van der Waals surface area contributed by atoms with Gasteiger partial charge in [0.25, 0.3) is 5.91 Å². The maximum absolute atomic E-state index is 11.9. The lowest BCUT2D eigenvalue weighted by molar-refractivity contribution is -0.119. The van der Waals surface area contributed by atoms with Crippen molar-refractivity contribution >= 4 is 52.4 Å². The molecule has 0 spiro atoms. The molecule has 1 aromatic carbocycles. The highest BCUT2D eigenvalue weighted by Crippen LogP contribution is 2.25. The van der Waals surface area contributed by atoms with Crippen molar-refractivity contribution in [3.05, 3.63) is 58.2 Å². The Balaban J connectivity index is 1.57. The van der Waals surface area contributed by atoms with Gasteiger partial charge in [0.2, 0.25) is 5.91 Å². The maximum Gasteiger partial charge on any atom is 0.269 e. The Morgan fingerprint density at radius 2 is 1.88 bits per heavy atom. The highest BCUT2D eigenvalue weighted by atomic mass is 35.5. The van der Waals surface area contributed by atoms with Crippen LogP contribution in [0.2, 0.25) is 10.0 Å². The van der Waals surface area contributed by atoms with Crippen molar-refractivity contribution in [2.45, 2.75) is 5.16 Å². The second-order valence-electron chi connectivity index (χ2n) is 4.84. The van der Waals surface area contributed by atoms with Crippen LogP contribution >= 0.6 is 35.0 Å². The summed E-state index contributed by atoms with van der Waals surface area (Å²) >= 11 is 13.1. The molecule has 0 saturated heterocycles. The van der Waals surface area contributed by atoms with Gasteiger partial charge in [0.05, 0.1) is 15.8 Å². The Morgan fingerprint density at radius 3 is 2.64 bits per heavy atom. The van der Waals surface area contributed by atoms with Gasteiger partial charge in [-0.25, -0.2) is 0 Å². The smallest absolute Gasteiger partial charge is 0.269 e. The molecule has 3 rings (SSSR count). The highest BCUT2D eigenvalue weighted by Gasteiger charge is 2.13. The van der Waals surface area contributed by atoms with E-state index in [1.165, 1.54) is 0 Å². The Labute approximate surface area is 156 Å². The van der Waals surface area contributed by atoms with E-state index < -0.39 is 5.91 Å². The number of carbonyl (C=O) groups excluding carboxylic acids is 2. The lowest BCUT2D eigenvalue weighted by Gasteiger charge is -2.07. The summed E-state index contributed by atoms with van der Waals surface area (Å²) < 4.78 is 1.60. The summed E-state index contributed by atoms with van der Waals surface area (Å²) in [7, 11) is 0. The monoisotopic (exact) mass is 395 g/mol. The van der Waals surface area contributed by atoms with E-state index in [2.05, 4.69) is 21.0 Å². The van der Waals surface area contributed by atoms with Crippen molar-refractivity contribution in [1.29, 1.82) is 0 Å². The van der Waals surface area contributed by atoms with Crippen molar-refractivity contribution < 1.29 is 9.59 Å². The molecule has 10 heteroatoms. The zero-order valence-corrected chi connectivity index (χ0v) is 14.9. The zero-order chi connectivity index (χ0) is 17.8. The molecule has 2 N–H and O–H groups in total. The van der Waals surface area contributed by atoms with E-state index in [9.17, 15) is 9.59 Å². The van der Waals surface area contributed by atoms with Crippen LogP contribution in [0.5, 0.6) is 0 Å². The summed E-state index contributed by atoms with van der Waals surface area (Å²) in [5, 5.41) is 9.19. The summed E-state index contributed by atoms with van der Waals surface area (Å²) in [6.45, 7) is 0. The number of nitrogens with zero attached hydrogens (tertiary/aromatic N) is 3. The fourth-order valence-corrected chi connectivity index (χ4v) is 3.17. The van der Waals surface area contributed by atoms with Crippen LogP contribution in [0.3, 0.4) is 0 Å². The van der Waals surface area contributed by atoms with Gasteiger partial charge >= 0.3 is 0 Å². The molecule has 2 heterocycles. The maximum atomic E-state index is 11.9. The van der Waals surface area contributed by atoms with Gasteiger partial charge in [0.1, 0.15) is 0 Å². The zero-order valence-electron chi connectivity index (χ0n) is 12.6. The molecule has 0 aliphatic rings. The quantitative estimate of drug-likeness (QED) is 0.523. The lowest BCUT2D eigenvalue weighted by atomic mass is 10.2. The third-order valence-corrected chi connectivity index (χ3v) is 4.51. The van der Waals surface area contributed by atoms with E-state index in [1.54, 1.807) is 47.0 Å². The average Bonchev–Trinajstić information content (AvgIpc) is 3.01. The van der Waals surface area contributed by atoms with Gasteiger partial charge in [-0.1, -0.05) is 53.2 Å². The first-order valence-electron chi connectivity index (χ1n) is 7.01. The number of fused-ring (bicyclic) bond motifs is 1. The van der Waals surface area contributed by atoms with E-state index in [4.69, 9.17) is 23.2 Å². The van der Waals surface area contributed by atoms with Gasteiger partial charge in [0, 0.05) is 11.8 Å². The second kappa shape index (κ2) is 7.73. The van der Waals surface area contributed by atoms with Crippen molar-refractivity contribution in [3.63, 3.8) is 0 Å². The third-order valence-electron chi connectivity index (χ3n) is 3.08. The Hall–Kier alpha value is -2.29. The highest BCUT2D eigenvalue weighted by molar-refractivity contribution is 7.99. The van der Waals surface area contributed by atoms with Crippen molar-refractivity contribution in [2.75, 3.05) is 5.75 Å². The molecule has 2 aromatic heterocycles. The van der Waals surface area contributed by atoms with Gasteiger partial charge in [-0.05, 0) is 18.2 Å². The van der Waals surface area contributed by atoms with Crippen molar-refractivity contribution in [3.8, 4) is 0 Å². The molecule has 0 saturated carbocycles. The first-order valence-corrected chi connectivity index (χ1v) is 8.75. The summed E-state index contributed by atoms with van der Waals surface area (Å²) in [4.78, 5) is 23.7. The second-order valence-corrected chi connectivity index (χ2v) is 6.63. The molecule has 0 bridgehead atoms. The summed E-state index contributed by atoms with van der Waals surface area (Å²) in [6.07, 6.45) is 1.61. The van der Waals surface area contributed by atoms with Gasteiger partial charge in [-0.3, -0.25) is 24.8 Å². The number of nitrogens with one attached hydrogen (secondary N) is 2. The van der Waals surface area contributed by atoms with Crippen molar-refractivity contribution in [2.24, 2.45) is 0 Å². The van der Waals surface area contributed by atoms with Crippen LogP contribution in [0, 0.1) is 0 Å². The summed E-state index contributed by atoms with van der Waals surface area (Å²) in [5.41, 5.74) is 5.59. The predicted octanol–water partition coefficient (Wildman–Crippen LogP) is 2.59. The normalized spacial score (nSPS) is 10.6. The first kappa shape index (κ1) is 17.5. The molecule has 2 amide bonds. The molecule has 0 unspecified atom stereocenters. The lowest BCUT2D eigenvalue weighted by Crippen LogP contribution is -2.42. The van der Waals surface area contributed by atoms with Crippen molar-refractivity contribution in [1.82, 2.24) is 25.4 Å². The van der Waals surface area contributed by atoms with Crippen LogP contribution in [0.15, 0.2) is 47.8 Å². The largest absolute Gasteiger partial charge is 0.275 e. The molecule has 0 fully saturated rings. The minimum atomic E-state index is -0.398.